The second-order valence-corrected chi connectivity index (χ2v) is 4.76. The van der Waals surface area contributed by atoms with Crippen molar-refractivity contribution in [3.63, 3.8) is 0 Å². The van der Waals surface area contributed by atoms with Crippen molar-refractivity contribution in [2.24, 2.45) is 0 Å². The van der Waals surface area contributed by atoms with E-state index in [0.717, 1.165) is 6.07 Å². The number of hydrogen-bond donors (Lipinski definition) is 2. The molecule has 0 atom stereocenters. The van der Waals surface area contributed by atoms with Crippen LogP contribution in [0.5, 0.6) is 5.75 Å². The van der Waals surface area contributed by atoms with E-state index in [1.54, 1.807) is 22.6 Å². The first kappa shape index (κ1) is 14.6. The van der Waals surface area contributed by atoms with Gasteiger partial charge in [0.25, 0.3) is 10.1 Å². The molecular formula is C6H5FINaO4S. The summed E-state index contributed by atoms with van der Waals surface area (Å²) in [7, 11) is -4.43. The van der Waals surface area contributed by atoms with Crippen LogP contribution in [0.15, 0.2) is 17.0 Å². The summed E-state index contributed by atoms with van der Waals surface area (Å²) in [6.07, 6.45) is 0. The maximum Gasteiger partial charge on any atom is 1.00 e. The molecule has 2 N–H and O–H groups in total. The number of aromatic hydroxyl groups is 1. The van der Waals surface area contributed by atoms with E-state index in [1.807, 2.05) is 0 Å². The number of rotatable bonds is 1. The Kier molecular flexibility index (Phi) is 5.30. The Hall–Kier alpha value is 0.590. The van der Waals surface area contributed by atoms with E-state index in [4.69, 9.17) is 9.66 Å². The summed E-state index contributed by atoms with van der Waals surface area (Å²) in [6, 6.07) is 1.48. The molecular weight excluding hydrogens is 337 g/mol. The molecule has 0 radical (unpaired) electrons. The molecule has 1 aromatic rings. The number of benzene rings is 1. The molecule has 0 unspecified atom stereocenters. The van der Waals surface area contributed by atoms with Crippen LogP contribution in [-0.4, -0.2) is 18.1 Å². The van der Waals surface area contributed by atoms with Gasteiger partial charge in [-0.1, -0.05) is 0 Å². The van der Waals surface area contributed by atoms with Gasteiger partial charge in [0.2, 0.25) is 0 Å². The summed E-state index contributed by atoms with van der Waals surface area (Å²) in [5, 5.41) is 8.83. The van der Waals surface area contributed by atoms with Gasteiger partial charge in [0, 0.05) is 3.57 Å². The smallest absolute Gasteiger partial charge is 1.00 e. The van der Waals surface area contributed by atoms with Crippen LogP contribution >= 0.6 is 22.6 Å². The zero-order valence-corrected chi connectivity index (χ0v) is 12.0. The Bertz CT molecular complexity index is 453. The second-order valence-electron chi connectivity index (χ2n) is 2.21. The van der Waals surface area contributed by atoms with Crippen molar-refractivity contribution in [2.45, 2.75) is 4.90 Å². The minimum absolute atomic E-state index is 0. The van der Waals surface area contributed by atoms with E-state index in [0.29, 0.717) is 6.07 Å². The summed E-state index contributed by atoms with van der Waals surface area (Å²) in [5.41, 5.74) is 0. The largest absolute Gasteiger partial charge is 1.00 e. The zero-order valence-electron chi connectivity index (χ0n) is 8.03. The molecule has 0 aliphatic rings. The van der Waals surface area contributed by atoms with Gasteiger partial charge in [-0.2, -0.15) is 8.42 Å². The maximum atomic E-state index is 12.7. The molecule has 0 saturated carbocycles. The Morgan fingerprint density at radius 3 is 2.36 bits per heavy atom. The number of phenolic OH excluding ortho intramolecular Hbond substituents is 1. The van der Waals surface area contributed by atoms with Crippen molar-refractivity contribution in [3.8, 4) is 5.75 Å². The quantitative estimate of drug-likeness (QED) is 0.370. The summed E-state index contributed by atoms with van der Waals surface area (Å²) < 4.78 is 42.6. The summed E-state index contributed by atoms with van der Waals surface area (Å²) in [6.45, 7) is 0. The van der Waals surface area contributed by atoms with Crippen LogP contribution < -0.4 is 29.6 Å². The van der Waals surface area contributed by atoms with Crippen LogP contribution in [-0.2, 0) is 10.1 Å². The van der Waals surface area contributed by atoms with E-state index in [2.05, 4.69) is 0 Å². The van der Waals surface area contributed by atoms with Crippen molar-refractivity contribution in [2.75, 3.05) is 0 Å². The van der Waals surface area contributed by atoms with Gasteiger partial charge in [0.1, 0.15) is 4.90 Å². The van der Waals surface area contributed by atoms with Gasteiger partial charge < -0.3 is 6.53 Å². The van der Waals surface area contributed by atoms with E-state index in [-0.39, 0.29) is 34.6 Å². The van der Waals surface area contributed by atoms with Gasteiger partial charge in [-0.3, -0.25) is 4.55 Å². The minimum atomic E-state index is -4.43. The third-order valence-electron chi connectivity index (χ3n) is 1.28. The summed E-state index contributed by atoms with van der Waals surface area (Å²) in [4.78, 5) is -0.552. The average molecular weight is 342 g/mol. The van der Waals surface area contributed by atoms with Gasteiger partial charge in [-0.15, -0.1) is 0 Å². The fraction of sp³-hybridized carbons (Fsp3) is 0. The fourth-order valence-corrected chi connectivity index (χ4v) is 2.56. The van der Waals surface area contributed by atoms with Crippen molar-refractivity contribution in [3.05, 3.63) is 21.5 Å². The predicted molar refractivity (Wildman–Crippen MR) is 51.7 cm³/mol. The summed E-state index contributed by atoms with van der Waals surface area (Å²) >= 11 is 1.56. The molecule has 0 aromatic heterocycles. The van der Waals surface area contributed by atoms with Crippen molar-refractivity contribution < 1.29 is 53.5 Å². The molecule has 0 amide bonds. The van der Waals surface area contributed by atoms with E-state index in [1.165, 1.54) is 0 Å². The fourth-order valence-electron chi connectivity index (χ4n) is 0.716. The Balaban J connectivity index is 0. The van der Waals surface area contributed by atoms with Crippen molar-refractivity contribution in [1.29, 1.82) is 0 Å². The SMILES string of the molecule is O=S(=O)(O)c1cc(F)c(O)cc1I.[H-].[Na+]. The standard InChI is InChI=1S/C6H4FIO4S.Na.H/c7-3-1-6(13(10,11)12)4(8)2-5(3)9;;/h1-2,9H,(H,10,11,12);;/q;+1;-1. The van der Waals surface area contributed by atoms with Crippen LogP contribution in [0.25, 0.3) is 0 Å². The summed E-state index contributed by atoms with van der Waals surface area (Å²) in [5.74, 6) is -1.75. The van der Waals surface area contributed by atoms with Crippen LogP contribution in [0.4, 0.5) is 4.39 Å². The van der Waals surface area contributed by atoms with E-state index in [9.17, 15) is 12.8 Å². The number of phenols is 1. The average Bonchev–Trinajstić information content (AvgIpc) is 1.94. The molecule has 0 spiro atoms. The van der Waals surface area contributed by atoms with Crippen LogP contribution in [0.2, 0.25) is 0 Å². The Labute approximate surface area is 117 Å². The molecule has 0 bridgehead atoms. The normalized spacial score (nSPS) is 10.8. The predicted octanol–water partition coefficient (Wildman–Crippen LogP) is -1.50. The number of hydrogen-bond acceptors (Lipinski definition) is 3. The molecule has 74 valence electrons. The Morgan fingerprint density at radius 1 is 1.43 bits per heavy atom. The first-order chi connectivity index (χ1) is 5.82. The Morgan fingerprint density at radius 2 is 1.93 bits per heavy atom. The van der Waals surface area contributed by atoms with Crippen molar-refractivity contribution >= 4 is 32.7 Å². The molecule has 0 fully saturated rings. The van der Waals surface area contributed by atoms with Gasteiger partial charge in [-0.25, -0.2) is 4.39 Å². The molecule has 1 aromatic carbocycles. The molecule has 0 saturated heterocycles. The van der Waals surface area contributed by atoms with Crippen molar-refractivity contribution in [1.82, 2.24) is 0 Å². The molecule has 1 rings (SSSR count). The third kappa shape index (κ3) is 3.31. The van der Waals surface area contributed by atoms with Gasteiger partial charge in [-0.05, 0) is 34.7 Å². The zero-order chi connectivity index (χ0) is 10.2. The molecule has 8 heteroatoms. The van der Waals surface area contributed by atoms with Crippen LogP contribution in [0, 0.1) is 9.39 Å². The maximum absolute atomic E-state index is 12.7. The topological polar surface area (TPSA) is 74.6 Å². The van der Waals surface area contributed by atoms with E-state index >= 15 is 0 Å². The number of halogens is 2. The molecule has 0 heterocycles. The van der Waals surface area contributed by atoms with Gasteiger partial charge in [0.05, 0.1) is 0 Å². The molecule has 0 aliphatic heterocycles. The molecule has 14 heavy (non-hydrogen) atoms. The van der Waals surface area contributed by atoms with Crippen LogP contribution in [0.1, 0.15) is 1.43 Å². The van der Waals surface area contributed by atoms with Crippen LogP contribution in [0.3, 0.4) is 0 Å². The minimum Gasteiger partial charge on any atom is -1.00 e. The first-order valence-corrected chi connectivity index (χ1v) is 5.50. The molecule has 0 aliphatic carbocycles. The monoisotopic (exact) mass is 342 g/mol. The first-order valence-electron chi connectivity index (χ1n) is 2.98. The molecule has 4 nitrogen and oxygen atoms in total. The van der Waals surface area contributed by atoms with Gasteiger partial charge >= 0.3 is 29.6 Å². The third-order valence-corrected chi connectivity index (χ3v) is 3.43. The van der Waals surface area contributed by atoms with E-state index < -0.39 is 26.6 Å². The second kappa shape index (κ2) is 5.08. The van der Waals surface area contributed by atoms with Gasteiger partial charge in [0.15, 0.2) is 11.6 Å².